The van der Waals surface area contributed by atoms with E-state index in [0.717, 1.165) is 38.0 Å². The standard InChI is InChI=1S/C21H29N5O2/c1-4-10-25-13-17(15(3)24-25)21(28)23-18-12-16(20(22)27)8-9-19(18)26-11-6-5-7-14(26)2/h8-9,12-14H,4-7,10-11H2,1-3H3,(H2,22,27)(H,23,28)/t14-/m1/s1. The number of benzene rings is 1. The van der Waals surface area contributed by atoms with Crippen LogP contribution in [0, 0.1) is 6.92 Å². The molecule has 7 nitrogen and oxygen atoms in total. The second kappa shape index (κ2) is 8.46. The number of hydrogen-bond donors (Lipinski definition) is 2. The van der Waals surface area contributed by atoms with Gasteiger partial charge in [-0.05, 0) is 57.7 Å². The van der Waals surface area contributed by atoms with Crippen LogP contribution in [0.3, 0.4) is 0 Å². The highest BCUT2D eigenvalue weighted by Gasteiger charge is 2.23. The molecule has 1 fully saturated rings. The number of rotatable bonds is 6. The Hall–Kier alpha value is -2.83. The molecular formula is C21H29N5O2. The zero-order valence-electron chi connectivity index (χ0n) is 16.9. The summed E-state index contributed by atoms with van der Waals surface area (Å²) in [5.41, 5.74) is 8.59. The van der Waals surface area contributed by atoms with E-state index in [1.165, 1.54) is 6.42 Å². The average molecular weight is 383 g/mol. The van der Waals surface area contributed by atoms with E-state index in [4.69, 9.17) is 5.73 Å². The average Bonchev–Trinajstić information content (AvgIpc) is 3.03. The summed E-state index contributed by atoms with van der Waals surface area (Å²) < 4.78 is 1.79. The Balaban J connectivity index is 1.93. The van der Waals surface area contributed by atoms with Crippen LogP contribution < -0.4 is 16.0 Å². The lowest BCUT2D eigenvalue weighted by Crippen LogP contribution is -2.38. The highest BCUT2D eigenvalue weighted by atomic mass is 16.2. The molecular weight excluding hydrogens is 354 g/mol. The number of piperidine rings is 1. The van der Waals surface area contributed by atoms with E-state index >= 15 is 0 Å². The number of carbonyl (C=O) groups is 2. The van der Waals surface area contributed by atoms with Crippen LogP contribution in [-0.2, 0) is 6.54 Å². The minimum absolute atomic E-state index is 0.229. The molecule has 2 aromatic rings. The number of carbonyl (C=O) groups excluding carboxylic acids is 2. The van der Waals surface area contributed by atoms with Gasteiger partial charge in [-0.1, -0.05) is 6.92 Å². The summed E-state index contributed by atoms with van der Waals surface area (Å²) in [7, 11) is 0. The minimum atomic E-state index is -0.513. The summed E-state index contributed by atoms with van der Waals surface area (Å²) in [6.07, 6.45) is 6.13. The molecule has 1 aliphatic rings. The summed E-state index contributed by atoms with van der Waals surface area (Å²) in [6, 6.07) is 5.64. The molecule has 1 atom stereocenters. The largest absolute Gasteiger partial charge is 0.367 e. The number of nitrogens with one attached hydrogen (secondary N) is 1. The van der Waals surface area contributed by atoms with Gasteiger partial charge in [0.2, 0.25) is 5.91 Å². The lowest BCUT2D eigenvalue weighted by molar-refractivity contribution is 0.0996. The topological polar surface area (TPSA) is 93.2 Å². The molecule has 28 heavy (non-hydrogen) atoms. The van der Waals surface area contributed by atoms with E-state index < -0.39 is 5.91 Å². The van der Waals surface area contributed by atoms with Crippen molar-refractivity contribution in [3.63, 3.8) is 0 Å². The van der Waals surface area contributed by atoms with Gasteiger partial charge in [0.15, 0.2) is 0 Å². The van der Waals surface area contributed by atoms with E-state index in [2.05, 4.69) is 29.2 Å². The van der Waals surface area contributed by atoms with Crippen molar-refractivity contribution in [3.8, 4) is 0 Å². The van der Waals surface area contributed by atoms with Crippen LogP contribution in [0.1, 0.15) is 65.9 Å². The highest BCUT2D eigenvalue weighted by Crippen LogP contribution is 2.32. The second-order valence-electron chi connectivity index (χ2n) is 7.48. The van der Waals surface area contributed by atoms with Gasteiger partial charge in [0, 0.05) is 30.9 Å². The van der Waals surface area contributed by atoms with Crippen molar-refractivity contribution in [2.24, 2.45) is 5.73 Å². The molecule has 0 saturated carbocycles. The lowest BCUT2D eigenvalue weighted by atomic mass is 10.0. The normalized spacial score (nSPS) is 16.8. The van der Waals surface area contributed by atoms with Gasteiger partial charge < -0.3 is 16.0 Å². The van der Waals surface area contributed by atoms with Crippen LogP contribution in [-0.4, -0.2) is 34.2 Å². The van der Waals surface area contributed by atoms with Crippen molar-refractivity contribution in [1.29, 1.82) is 0 Å². The Morgan fingerprint density at radius 2 is 2.11 bits per heavy atom. The number of primary amides is 1. The van der Waals surface area contributed by atoms with Crippen molar-refractivity contribution in [1.82, 2.24) is 9.78 Å². The van der Waals surface area contributed by atoms with Crippen LogP contribution in [0.15, 0.2) is 24.4 Å². The molecule has 1 aromatic carbocycles. The molecule has 1 aliphatic heterocycles. The summed E-state index contributed by atoms with van der Waals surface area (Å²) in [6.45, 7) is 7.77. The van der Waals surface area contributed by atoms with Gasteiger partial charge in [0.05, 0.1) is 22.6 Å². The molecule has 0 radical (unpaired) electrons. The van der Waals surface area contributed by atoms with Gasteiger partial charge in [-0.15, -0.1) is 0 Å². The third-order valence-electron chi connectivity index (χ3n) is 5.29. The fourth-order valence-corrected chi connectivity index (χ4v) is 3.77. The van der Waals surface area contributed by atoms with Crippen LogP contribution in [0.5, 0.6) is 0 Å². The summed E-state index contributed by atoms with van der Waals surface area (Å²) in [4.78, 5) is 26.9. The third kappa shape index (κ3) is 4.18. The molecule has 1 aromatic heterocycles. The summed E-state index contributed by atoms with van der Waals surface area (Å²) in [5, 5.41) is 7.40. The predicted molar refractivity (Wildman–Crippen MR) is 111 cm³/mol. The molecule has 0 bridgehead atoms. The molecule has 3 rings (SSSR count). The van der Waals surface area contributed by atoms with Gasteiger partial charge in [-0.2, -0.15) is 5.10 Å². The summed E-state index contributed by atoms with van der Waals surface area (Å²) in [5.74, 6) is -0.743. The molecule has 2 heterocycles. The maximum absolute atomic E-state index is 13.0. The highest BCUT2D eigenvalue weighted by molar-refractivity contribution is 6.07. The maximum atomic E-state index is 13.0. The van der Waals surface area contributed by atoms with Gasteiger partial charge in [0.1, 0.15) is 0 Å². The van der Waals surface area contributed by atoms with E-state index in [1.54, 1.807) is 23.0 Å². The smallest absolute Gasteiger partial charge is 0.259 e. The summed E-state index contributed by atoms with van der Waals surface area (Å²) >= 11 is 0. The van der Waals surface area contributed by atoms with Crippen LogP contribution in [0.2, 0.25) is 0 Å². The molecule has 0 unspecified atom stereocenters. The monoisotopic (exact) mass is 383 g/mol. The predicted octanol–water partition coefficient (Wildman–Crippen LogP) is 3.33. The van der Waals surface area contributed by atoms with Gasteiger partial charge in [-0.25, -0.2) is 0 Å². The molecule has 3 N–H and O–H groups in total. The fraction of sp³-hybridized carbons (Fsp3) is 0.476. The van der Waals surface area contributed by atoms with Crippen molar-refractivity contribution >= 4 is 23.2 Å². The quantitative estimate of drug-likeness (QED) is 0.800. The zero-order chi connectivity index (χ0) is 20.3. The first kappa shape index (κ1) is 19.9. The fourth-order valence-electron chi connectivity index (χ4n) is 3.77. The number of aryl methyl sites for hydroxylation is 2. The van der Waals surface area contributed by atoms with Gasteiger partial charge >= 0.3 is 0 Å². The van der Waals surface area contributed by atoms with E-state index in [-0.39, 0.29) is 5.91 Å². The number of hydrogen-bond acceptors (Lipinski definition) is 4. The molecule has 0 aliphatic carbocycles. The number of nitrogens with two attached hydrogens (primary N) is 1. The molecule has 150 valence electrons. The van der Waals surface area contributed by atoms with Gasteiger partial charge in [-0.3, -0.25) is 14.3 Å². The van der Waals surface area contributed by atoms with Crippen LogP contribution in [0.25, 0.3) is 0 Å². The number of nitrogens with zero attached hydrogens (tertiary/aromatic N) is 3. The van der Waals surface area contributed by atoms with Crippen molar-refractivity contribution < 1.29 is 9.59 Å². The number of amides is 2. The molecule has 0 spiro atoms. The van der Waals surface area contributed by atoms with E-state index in [9.17, 15) is 9.59 Å². The first-order chi connectivity index (χ1) is 13.4. The van der Waals surface area contributed by atoms with E-state index in [0.29, 0.717) is 28.6 Å². The minimum Gasteiger partial charge on any atom is -0.367 e. The SMILES string of the molecule is CCCn1cc(C(=O)Nc2cc(C(N)=O)ccc2N2CCCC[C@H]2C)c(C)n1. The molecule has 7 heteroatoms. The molecule has 1 saturated heterocycles. The van der Waals surface area contributed by atoms with Crippen molar-refractivity contribution in [2.75, 3.05) is 16.8 Å². The van der Waals surface area contributed by atoms with Crippen LogP contribution >= 0.6 is 0 Å². The van der Waals surface area contributed by atoms with E-state index in [1.807, 2.05) is 13.0 Å². The Kier molecular flexibility index (Phi) is 6.02. The Morgan fingerprint density at radius 3 is 2.79 bits per heavy atom. The first-order valence-corrected chi connectivity index (χ1v) is 9.96. The Bertz CT molecular complexity index is 874. The van der Waals surface area contributed by atoms with Crippen molar-refractivity contribution in [3.05, 3.63) is 41.2 Å². The Labute approximate surface area is 165 Å². The number of anilines is 2. The first-order valence-electron chi connectivity index (χ1n) is 9.96. The molecule has 2 amide bonds. The Morgan fingerprint density at radius 1 is 1.32 bits per heavy atom. The maximum Gasteiger partial charge on any atom is 0.259 e. The van der Waals surface area contributed by atoms with Crippen LogP contribution in [0.4, 0.5) is 11.4 Å². The van der Waals surface area contributed by atoms with Gasteiger partial charge in [0.25, 0.3) is 5.91 Å². The lowest BCUT2D eigenvalue weighted by Gasteiger charge is -2.36. The zero-order valence-corrected chi connectivity index (χ0v) is 16.9. The second-order valence-corrected chi connectivity index (χ2v) is 7.48. The third-order valence-corrected chi connectivity index (χ3v) is 5.29. The van der Waals surface area contributed by atoms with Crippen molar-refractivity contribution in [2.45, 2.75) is 59.0 Å². The number of aromatic nitrogens is 2.